The Balaban J connectivity index is 1.81. The first-order chi connectivity index (χ1) is 14.8. The van der Waals surface area contributed by atoms with E-state index in [-0.39, 0.29) is 0 Å². The van der Waals surface area contributed by atoms with Gasteiger partial charge in [-0.3, -0.25) is 4.90 Å². The van der Waals surface area contributed by atoms with Gasteiger partial charge in [-0.2, -0.15) is 0 Å². The molecule has 30 heavy (non-hydrogen) atoms. The van der Waals surface area contributed by atoms with E-state index in [1.54, 1.807) is 0 Å². The molecule has 0 atom stereocenters. The predicted octanol–water partition coefficient (Wildman–Crippen LogP) is 7.50. The number of hydrogen-bond donors (Lipinski definition) is 0. The van der Waals surface area contributed by atoms with Crippen LogP contribution >= 0.6 is 0 Å². The normalized spacial score (nSPS) is 11.7. The van der Waals surface area contributed by atoms with Crippen LogP contribution in [-0.4, -0.2) is 33.0 Å². The zero-order chi connectivity index (χ0) is 21.4. The Labute approximate surface area is 185 Å². The van der Waals surface area contributed by atoms with E-state index in [4.69, 9.17) is 0 Å². The Bertz CT molecular complexity index is 661. The molecule has 1 aromatic carbocycles. The summed E-state index contributed by atoms with van der Waals surface area (Å²) >= 11 is 0. The summed E-state index contributed by atoms with van der Waals surface area (Å²) in [5.41, 5.74) is 3.42. The lowest BCUT2D eigenvalue weighted by Gasteiger charge is -2.22. The van der Waals surface area contributed by atoms with Crippen LogP contribution in [0.2, 0.25) is 0 Å². The third-order valence-corrected chi connectivity index (χ3v) is 6.24. The molecule has 1 aromatic heterocycles. The molecule has 0 aliphatic rings. The highest BCUT2D eigenvalue weighted by Gasteiger charge is 2.11. The molecule has 0 saturated heterocycles. The maximum Gasteiger partial charge on any atom is 0.116 e. The second kappa shape index (κ2) is 15.4. The highest BCUT2D eigenvalue weighted by atomic mass is 15.5. The zero-order valence-electron chi connectivity index (χ0n) is 20.0. The SMILES string of the molecule is CCCCCCCCCN(CCCCCCCCC)Cn1nnc2c(C)cccc21. The van der Waals surface area contributed by atoms with Crippen LogP contribution in [0, 0.1) is 6.92 Å². The number of nitrogens with zero attached hydrogens (tertiary/aromatic N) is 4. The molecule has 170 valence electrons. The van der Waals surface area contributed by atoms with Crippen LogP contribution in [0.5, 0.6) is 0 Å². The Kier molecular flexibility index (Phi) is 12.7. The maximum absolute atomic E-state index is 4.48. The third-order valence-electron chi connectivity index (χ3n) is 6.24. The van der Waals surface area contributed by atoms with E-state index in [1.165, 1.54) is 114 Å². The monoisotopic (exact) mass is 414 g/mol. The van der Waals surface area contributed by atoms with Crippen LogP contribution in [0.4, 0.5) is 0 Å². The molecule has 2 aromatic rings. The van der Waals surface area contributed by atoms with E-state index in [0.29, 0.717) is 0 Å². The summed E-state index contributed by atoms with van der Waals surface area (Å²) in [5, 5.41) is 8.91. The fourth-order valence-electron chi connectivity index (χ4n) is 4.26. The van der Waals surface area contributed by atoms with Crippen molar-refractivity contribution in [2.45, 2.75) is 117 Å². The van der Waals surface area contributed by atoms with Crippen LogP contribution in [-0.2, 0) is 6.67 Å². The van der Waals surface area contributed by atoms with Crippen molar-refractivity contribution in [2.24, 2.45) is 0 Å². The van der Waals surface area contributed by atoms with E-state index < -0.39 is 0 Å². The Hall–Kier alpha value is -1.42. The molecule has 0 bridgehead atoms. The number of aromatic nitrogens is 3. The van der Waals surface area contributed by atoms with Crippen LogP contribution in [0.3, 0.4) is 0 Å². The summed E-state index contributed by atoms with van der Waals surface area (Å²) in [7, 11) is 0. The van der Waals surface area contributed by atoms with Gasteiger partial charge >= 0.3 is 0 Å². The fourth-order valence-corrected chi connectivity index (χ4v) is 4.26. The minimum atomic E-state index is 0.867. The lowest BCUT2D eigenvalue weighted by molar-refractivity contribution is 0.199. The lowest BCUT2D eigenvalue weighted by atomic mass is 10.1. The van der Waals surface area contributed by atoms with Gasteiger partial charge in [0, 0.05) is 0 Å². The summed E-state index contributed by atoms with van der Waals surface area (Å²) in [6, 6.07) is 6.40. The van der Waals surface area contributed by atoms with Crippen molar-refractivity contribution in [1.29, 1.82) is 0 Å². The molecular weight excluding hydrogens is 368 g/mol. The van der Waals surface area contributed by atoms with Crippen molar-refractivity contribution < 1.29 is 0 Å². The van der Waals surface area contributed by atoms with Crippen molar-refractivity contribution in [3.63, 3.8) is 0 Å². The molecule has 4 nitrogen and oxygen atoms in total. The first kappa shape index (κ1) is 24.8. The number of aryl methyl sites for hydroxylation is 1. The first-order valence-electron chi connectivity index (χ1n) is 12.8. The quantitative estimate of drug-likeness (QED) is 0.237. The van der Waals surface area contributed by atoms with E-state index >= 15 is 0 Å². The van der Waals surface area contributed by atoms with E-state index in [1.807, 2.05) is 0 Å². The van der Waals surface area contributed by atoms with Gasteiger partial charge in [0.05, 0.1) is 12.2 Å². The molecule has 0 amide bonds. The van der Waals surface area contributed by atoms with Gasteiger partial charge < -0.3 is 0 Å². The van der Waals surface area contributed by atoms with Crippen molar-refractivity contribution in [2.75, 3.05) is 13.1 Å². The van der Waals surface area contributed by atoms with Gasteiger partial charge in [-0.25, -0.2) is 4.68 Å². The summed E-state index contributed by atoms with van der Waals surface area (Å²) in [5.74, 6) is 0. The molecule has 4 heteroatoms. The zero-order valence-corrected chi connectivity index (χ0v) is 20.0. The summed E-state index contributed by atoms with van der Waals surface area (Å²) in [6.45, 7) is 9.92. The van der Waals surface area contributed by atoms with Crippen molar-refractivity contribution >= 4 is 11.0 Å². The van der Waals surface area contributed by atoms with Gasteiger partial charge in [0.2, 0.25) is 0 Å². The van der Waals surface area contributed by atoms with Gasteiger partial charge in [0.25, 0.3) is 0 Å². The van der Waals surface area contributed by atoms with Crippen LogP contribution < -0.4 is 0 Å². The highest BCUT2D eigenvalue weighted by molar-refractivity contribution is 5.77. The molecule has 0 aliphatic heterocycles. The average Bonchev–Trinajstić information content (AvgIpc) is 3.16. The van der Waals surface area contributed by atoms with Gasteiger partial charge in [-0.05, 0) is 44.5 Å². The molecule has 1 heterocycles. The molecular formula is C26H46N4. The largest absolute Gasteiger partial charge is 0.284 e. The summed E-state index contributed by atoms with van der Waals surface area (Å²) < 4.78 is 2.10. The van der Waals surface area contributed by atoms with Gasteiger partial charge in [0.1, 0.15) is 5.52 Å². The minimum absolute atomic E-state index is 0.867. The number of unbranched alkanes of at least 4 members (excludes halogenated alkanes) is 12. The molecule has 0 fully saturated rings. The minimum Gasteiger partial charge on any atom is -0.284 e. The van der Waals surface area contributed by atoms with Crippen LogP contribution in [0.25, 0.3) is 11.0 Å². The first-order valence-corrected chi connectivity index (χ1v) is 12.8. The highest BCUT2D eigenvalue weighted by Crippen LogP contribution is 2.16. The van der Waals surface area contributed by atoms with Crippen molar-refractivity contribution in [3.8, 4) is 0 Å². The number of fused-ring (bicyclic) bond motifs is 1. The number of benzene rings is 1. The number of hydrogen-bond acceptors (Lipinski definition) is 3. The molecule has 0 aliphatic carbocycles. The lowest BCUT2D eigenvalue weighted by Crippen LogP contribution is -2.29. The molecule has 0 N–H and O–H groups in total. The molecule has 0 saturated carbocycles. The van der Waals surface area contributed by atoms with Gasteiger partial charge in [0.15, 0.2) is 0 Å². The second-order valence-electron chi connectivity index (χ2n) is 9.03. The van der Waals surface area contributed by atoms with Gasteiger partial charge in [-0.15, -0.1) is 5.10 Å². The van der Waals surface area contributed by atoms with Crippen LogP contribution in [0.1, 0.15) is 109 Å². The Morgan fingerprint density at radius 2 is 1.27 bits per heavy atom. The molecule has 0 unspecified atom stereocenters. The van der Waals surface area contributed by atoms with E-state index in [0.717, 1.165) is 12.2 Å². The van der Waals surface area contributed by atoms with Gasteiger partial charge in [-0.1, -0.05) is 108 Å². The Morgan fingerprint density at radius 1 is 0.733 bits per heavy atom. The summed E-state index contributed by atoms with van der Waals surface area (Å²) in [6.07, 6.45) is 19.1. The standard InChI is InChI=1S/C26H46N4/c1-4-6-8-10-12-14-16-21-29(22-17-15-13-11-9-7-5-2)23-30-25-20-18-19-24(3)26(25)27-28-30/h18-20H,4-17,21-23H2,1-3H3. The summed E-state index contributed by atoms with van der Waals surface area (Å²) in [4.78, 5) is 2.61. The molecule has 0 radical (unpaired) electrons. The van der Waals surface area contributed by atoms with Crippen molar-refractivity contribution in [3.05, 3.63) is 23.8 Å². The van der Waals surface area contributed by atoms with Crippen molar-refractivity contribution in [1.82, 2.24) is 19.9 Å². The number of rotatable bonds is 18. The van der Waals surface area contributed by atoms with E-state index in [2.05, 4.69) is 58.9 Å². The van der Waals surface area contributed by atoms with E-state index in [9.17, 15) is 0 Å². The predicted molar refractivity (Wildman–Crippen MR) is 130 cm³/mol. The molecule has 2 rings (SSSR count). The second-order valence-corrected chi connectivity index (χ2v) is 9.03. The maximum atomic E-state index is 4.48. The Morgan fingerprint density at radius 3 is 1.83 bits per heavy atom. The fraction of sp³-hybridized carbons (Fsp3) is 0.769. The topological polar surface area (TPSA) is 34.0 Å². The van der Waals surface area contributed by atoms with Crippen LogP contribution in [0.15, 0.2) is 18.2 Å². The molecule has 0 spiro atoms. The smallest absolute Gasteiger partial charge is 0.116 e. The third kappa shape index (κ3) is 9.16. The average molecular weight is 415 g/mol.